The first kappa shape index (κ1) is 6.63. The van der Waals surface area contributed by atoms with E-state index in [-0.39, 0.29) is 0 Å². The summed E-state index contributed by atoms with van der Waals surface area (Å²) >= 11 is 5.76. The van der Waals surface area contributed by atoms with Crippen LogP contribution in [0.5, 0.6) is 0 Å². The SMILES string of the molecule is Cc1cc[c]c(Cl)c1C. The Morgan fingerprint density at radius 2 is 2.11 bits per heavy atom. The molecular formula is C8H8Cl. The molecule has 0 aliphatic heterocycles. The molecule has 0 saturated carbocycles. The maximum Gasteiger partial charge on any atom is 0.0516 e. The highest BCUT2D eigenvalue weighted by molar-refractivity contribution is 6.31. The van der Waals surface area contributed by atoms with Gasteiger partial charge in [0.2, 0.25) is 0 Å². The molecule has 1 heteroatoms. The third-order valence-corrected chi connectivity index (χ3v) is 1.86. The second kappa shape index (κ2) is 2.40. The monoisotopic (exact) mass is 139 g/mol. The minimum atomic E-state index is 0.731. The van der Waals surface area contributed by atoms with Gasteiger partial charge in [0.1, 0.15) is 0 Å². The van der Waals surface area contributed by atoms with Gasteiger partial charge < -0.3 is 0 Å². The van der Waals surface area contributed by atoms with Crippen LogP contribution in [0.1, 0.15) is 11.1 Å². The van der Waals surface area contributed by atoms with Crippen LogP contribution in [0.2, 0.25) is 5.02 Å². The van der Waals surface area contributed by atoms with Gasteiger partial charge in [0.15, 0.2) is 0 Å². The van der Waals surface area contributed by atoms with Crippen molar-refractivity contribution in [3.05, 3.63) is 34.3 Å². The average Bonchev–Trinajstić information content (AvgIpc) is 1.83. The molecule has 0 atom stereocenters. The molecule has 0 aromatic heterocycles. The Morgan fingerprint density at radius 1 is 1.44 bits per heavy atom. The van der Waals surface area contributed by atoms with E-state index < -0.39 is 0 Å². The Labute approximate surface area is 60.5 Å². The highest BCUT2D eigenvalue weighted by atomic mass is 35.5. The molecule has 0 bridgehead atoms. The van der Waals surface area contributed by atoms with Crippen LogP contribution < -0.4 is 0 Å². The van der Waals surface area contributed by atoms with Crippen molar-refractivity contribution in [2.75, 3.05) is 0 Å². The molecule has 0 aliphatic carbocycles. The van der Waals surface area contributed by atoms with Crippen LogP contribution >= 0.6 is 11.6 Å². The van der Waals surface area contributed by atoms with E-state index in [9.17, 15) is 0 Å². The van der Waals surface area contributed by atoms with Crippen molar-refractivity contribution in [1.29, 1.82) is 0 Å². The maximum absolute atomic E-state index is 5.76. The van der Waals surface area contributed by atoms with Gasteiger partial charge in [0.05, 0.1) is 5.02 Å². The van der Waals surface area contributed by atoms with Gasteiger partial charge in [-0.2, -0.15) is 0 Å². The van der Waals surface area contributed by atoms with Crippen molar-refractivity contribution in [2.45, 2.75) is 13.8 Å². The van der Waals surface area contributed by atoms with Gasteiger partial charge in [-0.25, -0.2) is 0 Å². The van der Waals surface area contributed by atoms with E-state index >= 15 is 0 Å². The first-order valence-electron chi connectivity index (χ1n) is 2.85. The molecule has 0 fully saturated rings. The van der Waals surface area contributed by atoms with E-state index in [0.717, 1.165) is 10.6 Å². The van der Waals surface area contributed by atoms with Crippen LogP contribution in [-0.2, 0) is 0 Å². The lowest BCUT2D eigenvalue weighted by molar-refractivity contribution is 1.34. The van der Waals surface area contributed by atoms with Crippen molar-refractivity contribution in [1.82, 2.24) is 0 Å². The lowest BCUT2D eigenvalue weighted by atomic mass is 10.1. The van der Waals surface area contributed by atoms with Gasteiger partial charge in [-0.1, -0.05) is 23.7 Å². The molecule has 0 aliphatic rings. The number of hydrogen-bond donors (Lipinski definition) is 0. The standard InChI is InChI=1S/C8H8Cl/c1-6-4-3-5-8(9)7(6)2/h3-4H,1-2H3. The van der Waals surface area contributed by atoms with Crippen LogP contribution in [-0.4, -0.2) is 0 Å². The van der Waals surface area contributed by atoms with E-state index in [1.165, 1.54) is 5.56 Å². The van der Waals surface area contributed by atoms with Crippen molar-refractivity contribution in [3.8, 4) is 0 Å². The number of hydrogen-bond acceptors (Lipinski definition) is 0. The normalized spacial score (nSPS) is 9.67. The number of halogens is 1. The number of aryl methyl sites for hydroxylation is 1. The van der Waals surface area contributed by atoms with E-state index in [2.05, 4.69) is 6.07 Å². The van der Waals surface area contributed by atoms with Crippen molar-refractivity contribution >= 4 is 11.6 Å². The first-order valence-corrected chi connectivity index (χ1v) is 3.23. The second-order valence-electron chi connectivity index (χ2n) is 2.10. The van der Waals surface area contributed by atoms with Gasteiger partial charge in [-0.05, 0) is 25.0 Å². The molecule has 47 valence electrons. The summed E-state index contributed by atoms with van der Waals surface area (Å²) in [5.41, 5.74) is 2.35. The Kier molecular flexibility index (Phi) is 1.77. The minimum absolute atomic E-state index is 0.731. The summed E-state index contributed by atoms with van der Waals surface area (Å²) in [6, 6.07) is 6.74. The second-order valence-corrected chi connectivity index (χ2v) is 2.48. The van der Waals surface area contributed by atoms with Crippen LogP contribution in [0.3, 0.4) is 0 Å². The summed E-state index contributed by atoms with van der Waals surface area (Å²) in [6.07, 6.45) is 0. The molecule has 9 heavy (non-hydrogen) atoms. The van der Waals surface area contributed by atoms with E-state index in [4.69, 9.17) is 11.6 Å². The van der Waals surface area contributed by atoms with Gasteiger partial charge in [0.25, 0.3) is 0 Å². The Hall–Kier alpha value is -0.490. The van der Waals surface area contributed by atoms with Crippen molar-refractivity contribution < 1.29 is 0 Å². The fourth-order valence-electron chi connectivity index (χ4n) is 0.646. The number of benzene rings is 1. The average molecular weight is 140 g/mol. The largest absolute Gasteiger partial charge is 0.0834 e. The molecule has 0 saturated heterocycles. The molecule has 1 radical (unpaired) electrons. The molecule has 1 rings (SSSR count). The zero-order valence-corrected chi connectivity index (χ0v) is 6.29. The molecule has 1 aromatic rings. The highest BCUT2D eigenvalue weighted by Gasteiger charge is 1.94. The van der Waals surface area contributed by atoms with Crippen LogP contribution in [0, 0.1) is 19.9 Å². The summed E-state index contributed by atoms with van der Waals surface area (Å²) in [5, 5.41) is 0.731. The lowest BCUT2D eigenvalue weighted by Gasteiger charge is -1.98. The number of rotatable bonds is 0. The van der Waals surface area contributed by atoms with Crippen LogP contribution in [0.25, 0.3) is 0 Å². The van der Waals surface area contributed by atoms with Crippen LogP contribution in [0.15, 0.2) is 12.1 Å². The van der Waals surface area contributed by atoms with Gasteiger partial charge in [-0.15, -0.1) is 0 Å². The predicted molar refractivity (Wildman–Crippen MR) is 39.8 cm³/mol. The van der Waals surface area contributed by atoms with E-state index in [1.54, 1.807) is 0 Å². The van der Waals surface area contributed by atoms with E-state index in [0.29, 0.717) is 0 Å². The highest BCUT2D eigenvalue weighted by Crippen LogP contribution is 2.16. The maximum atomic E-state index is 5.76. The van der Waals surface area contributed by atoms with Gasteiger partial charge >= 0.3 is 0 Å². The fraction of sp³-hybridized carbons (Fsp3) is 0.250. The minimum Gasteiger partial charge on any atom is -0.0834 e. The van der Waals surface area contributed by atoms with Crippen molar-refractivity contribution in [3.63, 3.8) is 0 Å². The Morgan fingerprint density at radius 3 is 2.56 bits per heavy atom. The third-order valence-electron chi connectivity index (χ3n) is 1.46. The summed E-state index contributed by atoms with van der Waals surface area (Å²) in [4.78, 5) is 0. The molecular weight excluding hydrogens is 132 g/mol. The zero-order chi connectivity index (χ0) is 6.85. The smallest absolute Gasteiger partial charge is 0.0516 e. The Bertz CT molecular complexity index is 196. The quantitative estimate of drug-likeness (QED) is 0.519. The molecule has 1 aromatic carbocycles. The van der Waals surface area contributed by atoms with Crippen molar-refractivity contribution in [2.24, 2.45) is 0 Å². The molecule has 0 unspecified atom stereocenters. The van der Waals surface area contributed by atoms with Gasteiger partial charge in [0, 0.05) is 6.07 Å². The summed E-state index contributed by atoms with van der Waals surface area (Å²) in [7, 11) is 0. The lowest BCUT2D eigenvalue weighted by Crippen LogP contribution is -1.79. The summed E-state index contributed by atoms with van der Waals surface area (Å²) in [6.45, 7) is 4.03. The third kappa shape index (κ3) is 1.25. The molecule has 0 N–H and O–H groups in total. The summed E-state index contributed by atoms with van der Waals surface area (Å²) < 4.78 is 0. The molecule has 0 heterocycles. The topological polar surface area (TPSA) is 0 Å². The first-order chi connectivity index (χ1) is 4.22. The zero-order valence-electron chi connectivity index (χ0n) is 5.53. The predicted octanol–water partition coefficient (Wildman–Crippen LogP) is 2.76. The molecule has 0 nitrogen and oxygen atoms in total. The summed E-state index contributed by atoms with van der Waals surface area (Å²) in [5.74, 6) is 0. The Balaban J connectivity index is 3.25. The van der Waals surface area contributed by atoms with Crippen LogP contribution in [0.4, 0.5) is 0 Å². The molecule has 0 spiro atoms. The van der Waals surface area contributed by atoms with Gasteiger partial charge in [-0.3, -0.25) is 0 Å². The molecule has 0 amide bonds. The van der Waals surface area contributed by atoms with E-state index in [1.807, 2.05) is 26.0 Å². The fourth-order valence-corrected chi connectivity index (χ4v) is 0.858.